The first-order valence-electron chi connectivity index (χ1n) is 7.52. The lowest BCUT2D eigenvalue weighted by molar-refractivity contribution is 0.102. The van der Waals surface area contributed by atoms with Gasteiger partial charge in [-0.1, -0.05) is 40.6 Å². The molecule has 3 rings (SSSR count). The topological polar surface area (TPSA) is 59.8 Å². The fraction of sp³-hybridized carbons (Fsp3) is 0.167. The molecule has 24 heavy (non-hydrogen) atoms. The normalized spacial score (nSPS) is 10.7. The summed E-state index contributed by atoms with van der Waals surface area (Å²) in [5.74, 6) is -0.290. The minimum atomic E-state index is -0.290. The number of halogens is 1. The summed E-state index contributed by atoms with van der Waals surface area (Å²) < 4.78 is 1.63. The highest BCUT2D eigenvalue weighted by Gasteiger charge is 2.18. The standard InChI is InChI=1S/C18H17ClN4O/c1-11-4-8-15(9-5-11)20-18(24)17-13(3)23(22-21-17)16-10-14(19)7-6-12(16)2/h4-10H,1-3H3,(H,20,24). The molecule has 5 nitrogen and oxygen atoms in total. The molecule has 0 saturated heterocycles. The summed E-state index contributed by atoms with van der Waals surface area (Å²) >= 11 is 6.07. The van der Waals surface area contributed by atoms with Gasteiger partial charge in [0.1, 0.15) is 0 Å². The third-order valence-corrected chi connectivity index (χ3v) is 4.05. The fourth-order valence-corrected chi connectivity index (χ4v) is 2.57. The lowest BCUT2D eigenvalue weighted by Gasteiger charge is -2.08. The summed E-state index contributed by atoms with van der Waals surface area (Å²) in [7, 11) is 0. The molecule has 0 aliphatic heterocycles. The predicted molar refractivity (Wildman–Crippen MR) is 95.0 cm³/mol. The smallest absolute Gasteiger partial charge is 0.278 e. The summed E-state index contributed by atoms with van der Waals surface area (Å²) in [6, 6.07) is 13.1. The van der Waals surface area contributed by atoms with Gasteiger partial charge >= 0.3 is 0 Å². The van der Waals surface area contributed by atoms with Gasteiger partial charge in [0.05, 0.1) is 11.4 Å². The third kappa shape index (κ3) is 3.16. The van der Waals surface area contributed by atoms with Gasteiger partial charge in [-0.2, -0.15) is 0 Å². The summed E-state index contributed by atoms with van der Waals surface area (Å²) in [5, 5.41) is 11.6. The quantitative estimate of drug-likeness (QED) is 0.781. The van der Waals surface area contributed by atoms with Crippen molar-refractivity contribution in [2.45, 2.75) is 20.8 Å². The van der Waals surface area contributed by atoms with Gasteiger partial charge in [-0.05, 0) is 50.6 Å². The van der Waals surface area contributed by atoms with Gasteiger partial charge in [0.25, 0.3) is 5.91 Å². The van der Waals surface area contributed by atoms with Crippen molar-refractivity contribution in [2.75, 3.05) is 5.32 Å². The van der Waals surface area contributed by atoms with E-state index in [2.05, 4.69) is 15.6 Å². The number of hydrogen-bond acceptors (Lipinski definition) is 3. The zero-order chi connectivity index (χ0) is 17.3. The Morgan fingerprint density at radius 3 is 2.50 bits per heavy atom. The molecule has 0 radical (unpaired) electrons. The predicted octanol–water partition coefficient (Wildman–Crippen LogP) is 4.10. The van der Waals surface area contributed by atoms with Crippen LogP contribution in [0, 0.1) is 20.8 Å². The summed E-state index contributed by atoms with van der Waals surface area (Å²) in [6.07, 6.45) is 0. The highest BCUT2D eigenvalue weighted by atomic mass is 35.5. The first kappa shape index (κ1) is 16.2. The first-order valence-corrected chi connectivity index (χ1v) is 7.90. The fourth-order valence-electron chi connectivity index (χ4n) is 2.41. The SMILES string of the molecule is Cc1ccc(NC(=O)c2nnn(-c3cc(Cl)ccc3C)c2C)cc1. The highest BCUT2D eigenvalue weighted by molar-refractivity contribution is 6.30. The van der Waals surface area contributed by atoms with Crippen molar-refractivity contribution in [3.63, 3.8) is 0 Å². The van der Waals surface area contributed by atoms with Crippen molar-refractivity contribution >= 4 is 23.2 Å². The van der Waals surface area contributed by atoms with Crippen LogP contribution in [-0.2, 0) is 0 Å². The second-order valence-corrected chi connectivity index (χ2v) is 6.12. The number of aromatic nitrogens is 3. The number of rotatable bonds is 3. The largest absolute Gasteiger partial charge is 0.321 e. The second-order valence-electron chi connectivity index (χ2n) is 5.69. The maximum Gasteiger partial charge on any atom is 0.278 e. The Hall–Kier alpha value is -2.66. The zero-order valence-corrected chi connectivity index (χ0v) is 14.4. The highest BCUT2D eigenvalue weighted by Crippen LogP contribution is 2.21. The van der Waals surface area contributed by atoms with E-state index >= 15 is 0 Å². The maximum absolute atomic E-state index is 12.5. The second kappa shape index (κ2) is 6.45. The zero-order valence-electron chi connectivity index (χ0n) is 13.7. The monoisotopic (exact) mass is 340 g/mol. The van der Waals surface area contributed by atoms with Crippen LogP contribution in [0.4, 0.5) is 5.69 Å². The molecule has 0 saturated carbocycles. The van der Waals surface area contributed by atoms with Crippen molar-refractivity contribution in [1.29, 1.82) is 0 Å². The van der Waals surface area contributed by atoms with Gasteiger partial charge in [-0.15, -0.1) is 5.10 Å². The van der Waals surface area contributed by atoms with E-state index in [4.69, 9.17) is 11.6 Å². The van der Waals surface area contributed by atoms with Crippen LogP contribution in [-0.4, -0.2) is 20.9 Å². The lowest BCUT2D eigenvalue weighted by Crippen LogP contribution is -2.14. The van der Waals surface area contributed by atoms with Crippen LogP contribution in [0.5, 0.6) is 0 Å². The summed E-state index contributed by atoms with van der Waals surface area (Å²) in [5.41, 5.74) is 4.60. The number of amides is 1. The molecule has 122 valence electrons. The van der Waals surface area contributed by atoms with Crippen LogP contribution in [0.2, 0.25) is 5.02 Å². The molecule has 0 aliphatic carbocycles. The molecule has 0 spiro atoms. The average molecular weight is 341 g/mol. The molecule has 2 aromatic carbocycles. The molecule has 1 heterocycles. The van der Waals surface area contributed by atoms with Gasteiger partial charge in [0.2, 0.25) is 0 Å². The maximum atomic E-state index is 12.5. The van der Waals surface area contributed by atoms with Gasteiger partial charge < -0.3 is 5.32 Å². The summed E-state index contributed by atoms with van der Waals surface area (Å²) in [4.78, 5) is 12.5. The minimum absolute atomic E-state index is 0.287. The van der Waals surface area contributed by atoms with Crippen molar-refractivity contribution < 1.29 is 4.79 Å². The van der Waals surface area contributed by atoms with E-state index < -0.39 is 0 Å². The van der Waals surface area contributed by atoms with Crippen LogP contribution in [0.1, 0.15) is 27.3 Å². The van der Waals surface area contributed by atoms with Crippen LogP contribution < -0.4 is 5.32 Å². The number of carbonyl (C=O) groups excluding carboxylic acids is 1. The van der Waals surface area contributed by atoms with Crippen molar-refractivity contribution in [3.8, 4) is 5.69 Å². The first-order chi connectivity index (χ1) is 11.5. The molecule has 0 atom stereocenters. The Labute approximate surface area is 145 Å². The summed E-state index contributed by atoms with van der Waals surface area (Å²) in [6.45, 7) is 5.76. The van der Waals surface area contributed by atoms with Gasteiger partial charge in [0, 0.05) is 10.7 Å². The van der Waals surface area contributed by atoms with Crippen LogP contribution >= 0.6 is 11.6 Å². The molecule has 3 aromatic rings. The van der Waals surface area contributed by atoms with Crippen molar-refractivity contribution in [3.05, 3.63) is 70.0 Å². The molecule has 1 amide bonds. The van der Waals surface area contributed by atoms with Gasteiger partial charge in [-0.25, -0.2) is 4.68 Å². The minimum Gasteiger partial charge on any atom is -0.321 e. The average Bonchev–Trinajstić information content (AvgIpc) is 2.93. The Kier molecular flexibility index (Phi) is 4.36. The van der Waals surface area contributed by atoms with E-state index in [1.165, 1.54) is 0 Å². The molecule has 1 N–H and O–H groups in total. The number of nitrogens with one attached hydrogen (secondary N) is 1. The Morgan fingerprint density at radius 2 is 1.79 bits per heavy atom. The molecule has 6 heteroatoms. The van der Waals surface area contributed by atoms with E-state index in [9.17, 15) is 4.79 Å². The molecular weight excluding hydrogens is 324 g/mol. The van der Waals surface area contributed by atoms with E-state index in [-0.39, 0.29) is 11.6 Å². The molecule has 1 aromatic heterocycles. The van der Waals surface area contributed by atoms with E-state index in [0.717, 1.165) is 22.5 Å². The molecule has 0 unspecified atom stereocenters. The molecule has 0 bridgehead atoms. The molecular formula is C18H17ClN4O. The van der Waals surface area contributed by atoms with Crippen LogP contribution in [0.15, 0.2) is 42.5 Å². The Bertz CT molecular complexity index is 900. The lowest BCUT2D eigenvalue weighted by atomic mass is 10.2. The van der Waals surface area contributed by atoms with Gasteiger partial charge in [-0.3, -0.25) is 4.79 Å². The van der Waals surface area contributed by atoms with Gasteiger partial charge in [0.15, 0.2) is 5.69 Å². The Morgan fingerprint density at radius 1 is 1.08 bits per heavy atom. The molecule has 0 aliphatic rings. The van der Waals surface area contributed by atoms with Crippen molar-refractivity contribution in [1.82, 2.24) is 15.0 Å². The van der Waals surface area contributed by atoms with E-state index in [1.807, 2.05) is 57.2 Å². The van der Waals surface area contributed by atoms with Crippen LogP contribution in [0.3, 0.4) is 0 Å². The number of anilines is 1. The number of nitrogens with zero attached hydrogens (tertiary/aromatic N) is 3. The Balaban J connectivity index is 1.90. The van der Waals surface area contributed by atoms with Crippen LogP contribution in [0.25, 0.3) is 5.69 Å². The number of benzene rings is 2. The number of carbonyl (C=O) groups is 1. The van der Waals surface area contributed by atoms with E-state index in [0.29, 0.717) is 10.7 Å². The third-order valence-electron chi connectivity index (χ3n) is 3.82. The van der Waals surface area contributed by atoms with E-state index in [1.54, 1.807) is 10.7 Å². The van der Waals surface area contributed by atoms with Crippen molar-refractivity contribution in [2.24, 2.45) is 0 Å². The number of aryl methyl sites for hydroxylation is 2. The number of hydrogen-bond donors (Lipinski definition) is 1. The molecule has 0 fully saturated rings.